The number of nitrogens with zero attached hydrogens (tertiary/aromatic N) is 2. The fraction of sp³-hybridized carbons (Fsp3) is 0.562. The molecule has 4 nitrogen and oxygen atoms in total. The summed E-state index contributed by atoms with van der Waals surface area (Å²) in [4.78, 5) is 7.27. The first kappa shape index (κ1) is 13.3. The highest BCUT2D eigenvalue weighted by molar-refractivity contribution is 7.22. The van der Waals surface area contributed by atoms with Crippen molar-refractivity contribution in [2.75, 3.05) is 11.5 Å². The molecule has 0 spiro atoms. The molecule has 0 amide bonds. The molecule has 21 heavy (non-hydrogen) atoms. The van der Waals surface area contributed by atoms with Crippen LogP contribution in [0.1, 0.15) is 32.6 Å². The van der Waals surface area contributed by atoms with Gasteiger partial charge in [0, 0.05) is 12.1 Å². The van der Waals surface area contributed by atoms with Crippen LogP contribution in [0.2, 0.25) is 0 Å². The molecule has 2 saturated heterocycles. The molecule has 2 aromatic rings. The minimum absolute atomic E-state index is 0.127. The van der Waals surface area contributed by atoms with Crippen LogP contribution < -0.4 is 9.64 Å². The lowest BCUT2D eigenvalue weighted by Gasteiger charge is -2.36. The van der Waals surface area contributed by atoms with Gasteiger partial charge in [0.15, 0.2) is 5.13 Å². The van der Waals surface area contributed by atoms with Crippen LogP contribution in [0.5, 0.6) is 5.75 Å². The lowest BCUT2D eigenvalue weighted by atomic mass is 10.0. The fourth-order valence-electron chi connectivity index (χ4n) is 3.72. The van der Waals surface area contributed by atoms with E-state index in [0.29, 0.717) is 18.7 Å². The van der Waals surface area contributed by atoms with Gasteiger partial charge in [-0.3, -0.25) is 0 Å². The molecule has 2 fully saturated rings. The molecule has 4 rings (SSSR count). The van der Waals surface area contributed by atoms with E-state index < -0.39 is 0 Å². The van der Waals surface area contributed by atoms with Gasteiger partial charge >= 0.3 is 0 Å². The van der Waals surface area contributed by atoms with E-state index in [4.69, 9.17) is 9.72 Å². The summed E-state index contributed by atoms with van der Waals surface area (Å²) in [5.41, 5.74) is 1.05. The van der Waals surface area contributed by atoms with E-state index in [-0.39, 0.29) is 6.10 Å². The second-order valence-corrected chi connectivity index (χ2v) is 6.99. The topological polar surface area (TPSA) is 45.6 Å². The van der Waals surface area contributed by atoms with Gasteiger partial charge in [-0.05, 0) is 50.8 Å². The number of hydrogen-bond donors (Lipinski definition) is 1. The van der Waals surface area contributed by atoms with Crippen LogP contribution in [0.15, 0.2) is 18.2 Å². The van der Waals surface area contributed by atoms with Crippen LogP contribution in [0.4, 0.5) is 5.13 Å². The quantitative estimate of drug-likeness (QED) is 0.946. The van der Waals surface area contributed by atoms with Crippen LogP contribution in [-0.2, 0) is 0 Å². The maximum absolute atomic E-state index is 9.93. The molecule has 0 radical (unpaired) electrons. The highest BCUT2D eigenvalue weighted by Crippen LogP contribution is 2.42. The number of hydrogen-bond acceptors (Lipinski definition) is 5. The monoisotopic (exact) mass is 304 g/mol. The van der Waals surface area contributed by atoms with E-state index in [1.54, 1.807) is 11.3 Å². The van der Waals surface area contributed by atoms with E-state index >= 15 is 0 Å². The first-order valence-electron chi connectivity index (χ1n) is 7.74. The number of aliphatic hydroxyl groups is 1. The van der Waals surface area contributed by atoms with Crippen molar-refractivity contribution in [3.63, 3.8) is 0 Å². The molecule has 1 aromatic heterocycles. The molecule has 2 bridgehead atoms. The molecule has 2 unspecified atom stereocenters. The van der Waals surface area contributed by atoms with E-state index in [1.165, 1.54) is 17.5 Å². The average molecular weight is 304 g/mol. The molecule has 5 heteroatoms. The van der Waals surface area contributed by atoms with Crippen molar-refractivity contribution in [2.45, 2.75) is 50.8 Å². The van der Waals surface area contributed by atoms with Crippen molar-refractivity contribution >= 4 is 26.7 Å². The Balaban J connectivity index is 1.68. The van der Waals surface area contributed by atoms with Crippen LogP contribution in [0.25, 0.3) is 10.2 Å². The smallest absolute Gasteiger partial charge is 0.186 e. The maximum atomic E-state index is 9.93. The van der Waals surface area contributed by atoms with E-state index in [1.807, 2.05) is 19.1 Å². The van der Waals surface area contributed by atoms with Crippen molar-refractivity contribution in [1.82, 2.24) is 4.98 Å². The first-order valence-corrected chi connectivity index (χ1v) is 8.56. The van der Waals surface area contributed by atoms with Gasteiger partial charge < -0.3 is 14.7 Å². The Kier molecular flexibility index (Phi) is 3.27. The molecule has 1 aromatic carbocycles. The Morgan fingerprint density at radius 2 is 2.10 bits per heavy atom. The third-order valence-electron chi connectivity index (χ3n) is 4.59. The summed E-state index contributed by atoms with van der Waals surface area (Å²) >= 11 is 1.75. The molecule has 112 valence electrons. The molecule has 2 atom stereocenters. The minimum Gasteiger partial charge on any atom is -0.494 e. The second-order valence-electron chi connectivity index (χ2n) is 5.98. The molecule has 1 N–H and O–H groups in total. The summed E-state index contributed by atoms with van der Waals surface area (Å²) in [7, 11) is 0. The first-order chi connectivity index (χ1) is 10.2. The van der Waals surface area contributed by atoms with Gasteiger partial charge in [0.05, 0.1) is 22.9 Å². The number of benzene rings is 1. The minimum atomic E-state index is -0.127. The number of aliphatic hydroxyl groups excluding tert-OH is 1. The zero-order valence-electron chi connectivity index (χ0n) is 12.2. The van der Waals surface area contributed by atoms with Gasteiger partial charge in [-0.2, -0.15) is 0 Å². The second kappa shape index (κ2) is 5.14. The Morgan fingerprint density at radius 1 is 1.33 bits per heavy atom. The van der Waals surface area contributed by atoms with Crippen molar-refractivity contribution in [3.8, 4) is 5.75 Å². The molecule has 0 saturated carbocycles. The Hall–Kier alpha value is -1.33. The normalized spacial score (nSPS) is 28.3. The van der Waals surface area contributed by atoms with Gasteiger partial charge in [-0.1, -0.05) is 11.3 Å². The predicted molar refractivity (Wildman–Crippen MR) is 85.3 cm³/mol. The highest BCUT2D eigenvalue weighted by Gasteiger charge is 2.41. The lowest BCUT2D eigenvalue weighted by molar-refractivity contribution is 0.126. The number of fused-ring (bicyclic) bond motifs is 3. The number of piperidine rings is 1. The van der Waals surface area contributed by atoms with Crippen molar-refractivity contribution < 1.29 is 9.84 Å². The van der Waals surface area contributed by atoms with Gasteiger partial charge in [-0.15, -0.1) is 0 Å². The van der Waals surface area contributed by atoms with Crippen LogP contribution in [-0.4, -0.2) is 34.9 Å². The average Bonchev–Trinajstić information content (AvgIpc) is 2.98. The fourth-order valence-corrected chi connectivity index (χ4v) is 4.86. The Labute approximate surface area is 128 Å². The lowest BCUT2D eigenvalue weighted by Crippen LogP contribution is -2.44. The van der Waals surface area contributed by atoms with Crippen LogP contribution >= 0.6 is 11.3 Å². The van der Waals surface area contributed by atoms with Gasteiger partial charge in [0.25, 0.3) is 0 Å². The number of aromatic nitrogens is 1. The van der Waals surface area contributed by atoms with Gasteiger partial charge in [-0.25, -0.2) is 4.98 Å². The van der Waals surface area contributed by atoms with Crippen LogP contribution in [0, 0.1) is 0 Å². The van der Waals surface area contributed by atoms with Crippen molar-refractivity contribution in [3.05, 3.63) is 18.2 Å². The number of ether oxygens (including phenoxy) is 1. The van der Waals surface area contributed by atoms with E-state index in [2.05, 4.69) is 11.0 Å². The SMILES string of the molecule is CCOc1ccc2nc(N3C4CCC3CC(O)C4)sc2c1. The Morgan fingerprint density at radius 3 is 2.81 bits per heavy atom. The molecule has 2 aliphatic heterocycles. The third-order valence-corrected chi connectivity index (χ3v) is 5.62. The zero-order valence-corrected chi connectivity index (χ0v) is 13.0. The van der Waals surface area contributed by atoms with Crippen LogP contribution in [0.3, 0.4) is 0 Å². The Bertz CT molecular complexity index is 643. The summed E-state index contributed by atoms with van der Waals surface area (Å²) in [5, 5.41) is 11.0. The number of anilines is 1. The molecular formula is C16H20N2O2S. The number of rotatable bonds is 3. The summed E-state index contributed by atoms with van der Waals surface area (Å²) in [6.07, 6.45) is 4.01. The highest BCUT2D eigenvalue weighted by atomic mass is 32.1. The van der Waals surface area contributed by atoms with E-state index in [9.17, 15) is 5.11 Å². The van der Waals surface area contributed by atoms with Gasteiger partial charge in [0.1, 0.15) is 5.75 Å². The molecular weight excluding hydrogens is 284 g/mol. The maximum Gasteiger partial charge on any atom is 0.186 e. The van der Waals surface area contributed by atoms with Crippen molar-refractivity contribution in [1.29, 1.82) is 0 Å². The summed E-state index contributed by atoms with van der Waals surface area (Å²) in [6, 6.07) is 7.04. The summed E-state index contributed by atoms with van der Waals surface area (Å²) < 4.78 is 6.75. The van der Waals surface area contributed by atoms with E-state index in [0.717, 1.165) is 29.2 Å². The molecule has 3 heterocycles. The zero-order chi connectivity index (χ0) is 14.4. The molecule has 2 aliphatic rings. The largest absolute Gasteiger partial charge is 0.494 e. The number of thiazole rings is 1. The predicted octanol–water partition coefficient (Wildman–Crippen LogP) is 3.19. The summed E-state index contributed by atoms with van der Waals surface area (Å²) in [5.74, 6) is 0.914. The third kappa shape index (κ3) is 2.28. The van der Waals surface area contributed by atoms with Crippen molar-refractivity contribution in [2.24, 2.45) is 0 Å². The summed E-state index contributed by atoms with van der Waals surface area (Å²) in [6.45, 7) is 2.68. The molecule has 0 aliphatic carbocycles. The standard InChI is InChI=1S/C16H20N2O2S/c1-2-20-13-5-6-14-15(9-13)21-16(17-14)18-10-3-4-11(18)8-12(19)7-10/h5-6,9-12,19H,2-4,7-8H2,1H3. The van der Waals surface area contributed by atoms with Gasteiger partial charge in [0.2, 0.25) is 0 Å².